The number of amides is 6. The molecule has 0 bridgehead atoms. The molecule has 3 aromatic rings. The zero-order valence-electron chi connectivity index (χ0n) is 31.0. The summed E-state index contributed by atoms with van der Waals surface area (Å²) in [7, 11) is 0. The molecule has 0 radical (unpaired) electrons. The lowest BCUT2D eigenvalue weighted by Crippen LogP contribution is -2.58. The fourth-order valence-electron chi connectivity index (χ4n) is 5.26. The largest absolute Gasteiger partial charge is 0.481 e. The Morgan fingerprint density at radius 1 is 0.780 bits per heavy atom. The summed E-state index contributed by atoms with van der Waals surface area (Å²) in [6.07, 6.45) is -7.55. The number of carboxylic acids is 2. The van der Waals surface area contributed by atoms with Crippen molar-refractivity contribution in [2.24, 2.45) is 5.73 Å². The van der Waals surface area contributed by atoms with Crippen LogP contribution in [0.3, 0.4) is 0 Å². The van der Waals surface area contributed by atoms with Gasteiger partial charge in [0, 0.05) is 29.6 Å². The number of benzene rings is 2. The highest BCUT2D eigenvalue weighted by atomic mass is 32.2. The molecule has 1 heterocycles. The normalized spacial score (nSPS) is 13.2. The summed E-state index contributed by atoms with van der Waals surface area (Å²) in [4.78, 5) is 113. The molecule has 23 heteroatoms. The molecule has 0 aliphatic rings. The van der Waals surface area contributed by atoms with E-state index in [4.69, 9.17) is 14.9 Å². The van der Waals surface area contributed by atoms with Gasteiger partial charge in [-0.2, -0.15) is 24.9 Å². The van der Waals surface area contributed by atoms with Crippen LogP contribution in [0.4, 0.5) is 23.7 Å². The van der Waals surface area contributed by atoms with Crippen LogP contribution < -0.4 is 37.9 Å². The summed E-state index contributed by atoms with van der Waals surface area (Å²) in [5.41, 5.74) is 2.38. The van der Waals surface area contributed by atoms with Gasteiger partial charge in [-0.25, -0.2) is 9.59 Å². The SMILES string of the molecule is CSCCC(NC(=O)C(CCC(N)=O)NC(=O)C(CC(=O)O)NC(=O)OCc1ccccc1)C(=O)NC(CC(=O)O)C(=O)Nc1ccc2c(C(F)(F)F)cc(=O)oc2c1. The predicted molar refractivity (Wildman–Crippen MR) is 201 cm³/mol. The van der Waals surface area contributed by atoms with E-state index in [1.165, 1.54) is 11.8 Å². The highest BCUT2D eigenvalue weighted by Crippen LogP contribution is 2.34. The van der Waals surface area contributed by atoms with Gasteiger partial charge in [-0.15, -0.1) is 0 Å². The zero-order chi connectivity index (χ0) is 43.9. The van der Waals surface area contributed by atoms with Crippen molar-refractivity contribution in [2.75, 3.05) is 17.3 Å². The smallest absolute Gasteiger partial charge is 0.417 e. The van der Waals surface area contributed by atoms with Gasteiger partial charge in [-0.3, -0.25) is 33.6 Å². The number of nitrogens with two attached hydrogens (primary N) is 1. The number of hydrogen-bond donors (Lipinski definition) is 8. The number of anilines is 1. The standard InChI is InChI=1S/C36H39F3N6O13S/c1-59-12-11-23(32(53)44-24(15-28(47)48)33(54)41-19-7-8-20-21(36(37,38)39)14-30(51)58-26(20)13-19)43-31(52)22(9-10-27(40)46)42-34(55)25(16-29(49)50)45-35(56)57-17-18-5-3-2-4-6-18/h2-8,13-14,22-25H,9-12,15-17H2,1H3,(H2,40,46)(H,41,54)(H,42,55)(H,43,52)(H,44,53)(H,45,56)(H,47,48)(H,49,50). The molecule has 318 valence electrons. The molecular weight excluding hydrogens is 813 g/mol. The van der Waals surface area contributed by atoms with E-state index in [9.17, 15) is 66.5 Å². The summed E-state index contributed by atoms with van der Waals surface area (Å²) >= 11 is 1.22. The molecule has 9 N–H and O–H groups in total. The van der Waals surface area contributed by atoms with Crippen LogP contribution >= 0.6 is 11.8 Å². The monoisotopic (exact) mass is 852 g/mol. The van der Waals surface area contributed by atoms with Crippen LogP contribution in [0.2, 0.25) is 0 Å². The second-order valence-corrected chi connectivity index (χ2v) is 13.6. The lowest BCUT2D eigenvalue weighted by Gasteiger charge is -2.26. The molecule has 2 aromatic carbocycles. The van der Waals surface area contributed by atoms with Crippen molar-refractivity contribution >= 4 is 76.0 Å². The Morgan fingerprint density at radius 3 is 1.90 bits per heavy atom. The lowest BCUT2D eigenvalue weighted by atomic mass is 10.1. The van der Waals surface area contributed by atoms with Gasteiger partial charge in [-0.05, 0) is 42.5 Å². The minimum atomic E-state index is -4.93. The van der Waals surface area contributed by atoms with Gasteiger partial charge in [-0.1, -0.05) is 30.3 Å². The number of alkyl carbamates (subject to hydrolysis) is 1. The van der Waals surface area contributed by atoms with Crippen LogP contribution in [0.5, 0.6) is 0 Å². The maximum atomic E-state index is 13.6. The van der Waals surface area contributed by atoms with Crippen molar-refractivity contribution in [1.29, 1.82) is 0 Å². The highest BCUT2D eigenvalue weighted by Gasteiger charge is 2.35. The minimum Gasteiger partial charge on any atom is -0.481 e. The molecule has 0 fully saturated rings. The summed E-state index contributed by atoms with van der Waals surface area (Å²) in [5, 5.41) is 29.5. The molecule has 0 spiro atoms. The molecule has 0 aliphatic carbocycles. The van der Waals surface area contributed by atoms with E-state index >= 15 is 0 Å². The van der Waals surface area contributed by atoms with E-state index in [0.29, 0.717) is 5.56 Å². The number of halogens is 3. The number of alkyl halides is 3. The van der Waals surface area contributed by atoms with Gasteiger partial charge in [0.25, 0.3) is 0 Å². The average molecular weight is 853 g/mol. The molecule has 0 saturated carbocycles. The van der Waals surface area contributed by atoms with Crippen LogP contribution in [0.25, 0.3) is 11.0 Å². The molecule has 4 unspecified atom stereocenters. The highest BCUT2D eigenvalue weighted by molar-refractivity contribution is 7.98. The van der Waals surface area contributed by atoms with E-state index in [1.54, 1.807) is 36.6 Å². The van der Waals surface area contributed by atoms with Gasteiger partial charge >= 0.3 is 29.8 Å². The van der Waals surface area contributed by atoms with Crippen molar-refractivity contribution in [1.82, 2.24) is 21.3 Å². The molecule has 59 heavy (non-hydrogen) atoms. The van der Waals surface area contributed by atoms with Crippen LogP contribution in [-0.4, -0.2) is 94.0 Å². The van der Waals surface area contributed by atoms with Crippen LogP contribution in [0, 0.1) is 0 Å². The maximum absolute atomic E-state index is 13.6. The van der Waals surface area contributed by atoms with Gasteiger partial charge in [0.1, 0.15) is 36.4 Å². The number of primary amides is 1. The third-order valence-corrected chi connectivity index (χ3v) is 8.73. The molecule has 0 saturated heterocycles. The van der Waals surface area contributed by atoms with Gasteiger partial charge in [0.2, 0.25) is 29.5 Å². The number of ether oxygens (including phenoxy) is 1. The number of carboxylic acid groups (broad SMARTS) is 2. The first-order chi connectivity index (χ1) is 27.8. The molecule has 4 atom stereocenters. The quantitative estimate of drug-likeness (QED) is 0.0705. The number of rotatable bonds is 21. The molecule has 6 amide bonds. The summed E-state index contributed by atoms with van der Waals surface area (Å²) in [6.45, 7) is -0.235. The fourth-order valence-corrected chi connectivity index (χ4v) is 5.73. The number of hydrogen-bond acceptors (Lipinski definition) is 12. The number of aliphatic carboxylic acids is 2. The van der Waals surface area contributed by atoms with E-state index < -0.39 is 126 Å². The van der Waals surface area contributed by atoms with Crippen molar-refractivity contribution in [3.63, 3.8) is 0 Å². The number of thioether (sulfide) groups is 1. The lowest BCUT2D eigenvalue weighted by molar-refractivity contribution is -0.141. The maximum Gasteiger partial charge on any atom is 0.417 e. The Kier molecular flexibility index (Phi) is 17.2. The summed E-state index contributed by atoms with van der Waals surface area (Å²) in [5.74, 6) is -8.37. The predicted octanol–water partition coefficient (Wildman–Crippen LogP) is 1.47. The summed E-state index contributed by atoms with van der Waals surface area (Å²) < 4.78 is 50.4. The van der Waals surface area contributed by atoms with E-state index in [-0.39, 0.29) is 30.5 Å². The van der Waals surface area contributed by atoms with E-state index in [0.717, 1.165) is 18.2 Å². The molecule has 1 aromatic heterocycles. The number of nitrogens with one attached hydrogen (secondary N) is 5. The molecular formula is C36H39F3N6O13S. The Bertz CT molecular complexity index is 2100. The van der Waals surface area contributed by atoms with Gasteiger partial charge in [0.15, 0.2) is 0 Å². The van der Waals surface area contributed by atoms with Crippen molar-refractivity contribution in [2.45, 2.75) is 69.1 Å². The topological polar surface area (TPSA) is 303 Å². The van der Waals surface area contributed by atoms with Crippen molar-refractivity contribution in [3.05, 3.63) is 76.1 Å². The second kappa shape index (κ2) is 21.8. The van der Waals surface area contributed by atoms with Crippen LogP contribution in [-0.2, 0) is 51.1 Å². The van der Waals surface area contributed by atoms with E-state index in [2.05, 4.69) is 26.6 Å². The first-order valence-electron chi connectivity index (χ1n) is 17.3. The summed E-state index contributed by atoms with van der Waals surface area (Å²) in [6, 6.07) is 4.56. The Morgan fingerprint density at radius 2 is 1.34 bits per heavy atom. The van der Waals surface area contributed by atoms with Gasteiger partial charge < -0.3 is 51.7 Å². The third kappa shape index (κ3) is 15.3. The van der Waals surface area contributed by atoms with Crippen molar-refractivity contribution in [3.8, 4) is 0 Å². The Hall–Kier alpha value is -6.65. The van der Waals surface area contributed by atoms with Crippen LogP contribution in [0.1, 0.15) is 43.2 Å². The zero-order valence-corrected chi connectivity index (χ0v) is 31.8. The number of carbonyl (C=O) groups excluding carboxylic acids is 6. The molecule has 0 aliphatic heterocycles. The Labute approximate surface area is 336 Å². The fraction of sp³-hybridized carbons (Fsp3) is 0.361. The first-order valence-corrected chi connectivity index (χ1v) is 18.7. The Balaban J connectivity index is 1.80. The van der Waals surface area contributed by atoms with E-state index in [1.807, 2.05) is 0 Å². The average Bonchev–Trinajstić information content (AvgIpc) is 3.15. The molecule has 3 rings (SSSR count). The number of carbonyl (C=O) groups is 8. The van der Waals surface area contributed by atoms with Gasteiger partial charge in [0.05, 0.1) is 18.4 Å². The number of fused-ring (bicyclic) bond motifs is 1. The third-order valence-electron chi connectivity index (χ3n) is 8.09. The van der Waals surface area contributed by atoms with Crippen molar-refractivity contribution < 1.29 is 70.9 Å². The molecule has 19 nitrogen and oxygen atoms in total. The second-order valence-electron chi connectivity index (χ2n) is 12.6. The first kappa shape index (κ1) is 46.7. The van der Waals surface area contributed by atoms with Crippen LogP contribution in [0.15, 0.2) is 63.8 Å². The minimum absolute atomic E-state index is 0.141.